The topological polar surface area (TPSA) is 66.4 Å². The van der Waals surface area contributed by atoms with Crippen LogP contribution in [0.25, 0.3) is 0 Å². The van der Waals surface area contributed by atoms with Crippen LogP contribution < -0.4 is 5.32 Å². The molecule has 7 heteroatoms. The Balaban J connectivity index is 2.54. The number of carboxylic acid groups (broad SMARTS) is 1. The van der Waals surface area contributed by atoms with Gasteiger partial charge in [-0.05, 0) is 12.3 Å². The Bertz CT molecular complexity index is 298. The second-order valence-electron chi connectivity index (χ2n) is 4.25. The lowest BCUT2D eigenvalue weighted by Crippen LogP contribution is -2.47. The summed E-state index contributed by atoms with van der Waals surface area (Å²) in [6.07, 6.45) is -1.42. The van der Waals surface area contributed by atoms with E-state index in [0.29, 0.717) is 0 Å². The molecule has 0 aromatic carbocycles. The Labute approximate surface area is 96.2 Å². The first-order valence-corrected chi connectivity index (χ1v) is 5.41. The van der Waals surface area contributed by atoms with Crippen LogP contribution in [0.1, 0.15) is 32.1 Å². The van der Waals surface area contributed by atoms with Crippen molar-refractivity contribution in [2.24, 2.45) is 5.92 Å². The number of carboxylic acids is 1. The third-order valence-corrected chi connectivity index (χ3v) is 2.90. The Morgan fingerprint density at radius 3 is 2.24 bits per heavy atom. The van der Waals surface area contributed by atoms with E-state index in [1.807, 2.05) is 0 Å². The first-order chi connectivity index (χ1) is 7.80. The summed E-state index contributed by atoms with van der Waals surface area (Å²) in [5.74, 6) is -3.53. The minimum atomic E-state index is -5.04. The van der Waals surface area contributed by atoms with Gasteiger partial charge in [0.05, 0.1) is 0 Å². The highest BCUT2D eigenvalue weighted by molar-refractivity contribution is 5.86. The molecule has 1 aliphatic rings. The van der Waals surface area contributed by atoms with Crippen LogP contribution in [0.4, 0.5) is 13.2 Å². The number of hydrogen-bond acceptors (Lipinski definition) is 2. The van der Waals surface area contributed by atoms with Crippen molar-refractivity contribution < 1.29 is 27.9 Å². The summed E-state index contributed by atoms with van der Waals surface area (Å²) < 4.78 is 35.9. The summed E-state index contributed by atoms with van der Waals surface area (Å²) in [7, 11) is 0. The van der Waals surface area contributed by atoms with E-state index in [9.17, 15) is 22.8 Å². The highest BCUT2D eigenvalue weighted by Gasteiger charge is 2.41. The van der Waals surface area contributed by atoms with Gasteiger partial charge in [0, 0.05) is 0 Å². The largest absolute Gasteiger partial charge is 0.480 e. The van der Waals surface area contributed by atoms with Gasteiger partial charge in [0.15, 0.2) is 0 Å². The Morgan fingerprint density at radius 2 is 1.82 bits per heavy atom. The third-order valence-electron chi connectivity index (χ3n) is 2.90. The van der Waals surface area contributed by atoms with E-state index in [-0.39, 0.29) is 12.3 Å². The molecule has 98 valence electrons. The van der Waals surface area contributed by atoms with Crippen molar-refractivity contribution in [3.8, 4) is 0 Å². The summed E-state index contributed by atoms with van der Waals surface area (Å²) in [6.45, 7) is 0. The molecule has 17 heavy (non-hydrogen) atoms. The van der Waals surface area contributed by atoms with Gasteiger partial charge in [-0.1, -0.05) is 25.7 Å². The van der Waals surface area contributed by atoms with Crippen LogP contribution in [-0.2, 0) is 9.59 Å². The molecular weight excluding hydrogens is 239 g/mol. The van der Waals surface area contributed by atoms with E-state index >= 15 is 0 Å². The average Bonchev–Trinajstić information content (AvgIpc) is 2.67. The smallest absolute Gasteiger partial charge is 0.471 e. The lowest BCUT2D eigenvalue weighted by molar-refractivity contribution is -0.175. The van der Waals surface area contributed by atoms with Gasteiger partial charge in [0.1, 0.15) is 6.04 Å². The third kappa shape index (κ3) is 4.24. The van der Waals surface area contributed by atoms with Crippen molar-refractivity contribution in [1.29, 1.82) is 0 Å². The van der Waals surface area contributed by atoms with Crippen LogP contribution in [0.2, 0.25) is 0 Å². The highest BCUT2D eigenvalue weighted by Crippen LogP contribution is 2.29. The number of rotatable bonds is 4. The zero-order valence-corrected chi connectivity index (χ0v) is 9.09. The number of carbonyl (C=O) groups is 2. The number of halogens is 3. The maximum absolute atomic E-state index is 12.0. The van der Waals surface area contributed by atoms with Crippen molar-refractivity contribution >= 4 is 11.9 Å². The number of nitrogens with one attached hydrogen (secondary N) is 1. The van der Waals surface area contributed by atoms with Crippen LogP contribution >= 0.6 is 0 Å². The lowest BCUT2D eigenvalue weighted by atomic mass is 9.98. The molecule has 0 aliphatic heterocycles. The van der Waals surface area contributed by atoms with Crippen molar-refractivity contribution in [1.82, 2.24) is 5.32 Å². The van der Waals surface area contributed by atoms with Crippen molar-refractivity contribution in [3.05, 3.63) is 0 Å². The van der Waals surface area contributed by atoms with Gasteiger partial charge >= 0.3 is 18.1 Å². The molecule has 1 fully saturated rings. The van der Waals surface area contributed by atoms with Gasteiger partial charge < -0.3 is 10.4 Å². The molecule has 1 unspecified atom stereocenters. The molecule has 1 aliphatic carbocycles. The molecule has 0 bridgehead atoms. The maximum Gasteiger partial charge on any atom is 0.471 e. The van der Waals surface area contributed by atoms with Gasteiger partial charge in [0.2, 0.25) is 0 Å². The van der Waals surface area contributed by atoms with Crippen LogP contribution in [-0.4, -0.2) is 29.2 Å². The number of carbonyl (C=O) groups excluding carboxylic acids is 1. The molecule has 0 spiro atoms. The van der Waals surface area contributed by atoms with E-state index in [2.05, 4.69) is 0 Å². The molecule has 1 rings (SSSR count). The van der Waals surface area contributed by atoms with Crippen molar-refractivity contribution in [3.63, 3.8) is 0 Å². The van der Waals surface area contributed by atoms with Crippen molar-refractivity contribution in [2.75, 3.05) is 0 Å². The SMILES string of the molecule is O=C(O)C(CC1CCCC1)NC(=O)C(F)(F)F. The first kappa shape index (κ1) is 13.8. The fourth-order valence-electron chi connectivity index (χ4n) is 2.04. The minimum Gasteiger partial charge on any atom is -0.480 e. The number of hydrogen-bond donors (Lipinski definition) is 2. The highest BCUT2D eigenvalue weighted by atomic mass is 19.4. The van der Waals surface area contributed by atoms with E-state index in [1.54, 1.807) is 0 Å². The molecule has 0 saturated heterocycles. The summed E-state index contributed by atoms with van der Waals surface area (Å²) in [6, 6.07) is -1.45. The van der Waals surface area contributed by atoms with Gasteiger partial charge in [0.25, 0.3) is 0 Å². The molecule has 2 N–H and O–H groups in total. The van der Waals surface area contributed by atoms with Gasteiger partial charge in [-0.3, -0.25) is 4.79 Å². The maximum atomic E-state index is 12.0. The lowest BCUT2D eigenvalue weighted by Gasteiger charge is -2.18. The Hall–Kier alpha value is -1.27. The van der Waals surface area contributed by atoms with Gasteiger partial charge in [-0.25, -0.2) is 4.79 Å². The summed E-state index contributed by atoms with van der Waals surface area (Å²) in [5, 5.41) is 10.3. The quantitative estimate of drug-likeness (QED) is 0.801. The van der Waals surface area contributed by atoms with Gasteiger partial charge in [-0.2, -0.15) is 13.2 Å². The molecule has 1 saturated carbocycles. The second kappa shape index (κ2) is 5.37. The number of amides is 1. The minimum absolute atomic E-state index is 0.0666. The fourth-order valence-corrected chi connectivity index (χ4v) is 2.04. The number of alkyl halides is 3. The molecule has 1 amide bonds. The van der Waals surface area contributed by atoms with Crippen LogP contribution in [0.5, 0.6) is 0 Å². The van der Waals surface area contributed by atoms with Crippen LogP contribution in [0.15, 0.2) is 0 Å². The standard InChI is InChI=1S/C10H14F3NO3/c11-10(12,13)9(17)14-7(8(15)16)5-6-3-1-2-4-6/h6-7H,1-5H2,(H,14,17)(H,15,16). The monoisotopic (exact) mass is 253 g/mol. The fraction of sp³-hybridized carbons (Fsp3) is 0.800. The van der Waals surface area contributed by atoms with Crippen LogP contribution in [0, 0.1) is 5.92 Å². The zero-order chi connectivity index (χ0) is 13.1. The predicted molar refractivity (Wildman–Crippen MR) is 52.2 cm³/mol. The van der Waals surface area contributed by atoms with E-state index in [1.165, 1.54) is 5.32 Å². The summed E-state index contributed by atoms with van der Waals surface area (Å²) in [5.41, 5.74) is 0. The van der Waals surface area contributed by atoms with E-state index in [0.717, 1.165) is 25.7 Å². The molecule has 4 nitrogen and oxygen atoms in total. The molecule has 0 aromatic rings. The molecular formula is C10H14F3NO3. The number of aliphatic carboxylic acids is 1. The van der Waals surface area contributed by atoms with E-state index in [4.69, 9.17) is 5.11 Å². The molecule has 0 aromatic heterocycles. The normalized spacial score (nSPS) is 19.0. The Morgan fingerprint density at radius 1 is 1.29 bits per heavy atom. The van der Waals surface area contributed by atoms with Crippen LogP contribution in [0.3, 0.4) is 0 Å². The average molecular weight is 253 g/mol. The molecule has 0 radical (unpaired) electrons. The second-order valence-corrected chi connectivity index (χ2v) is 4.25. The summed E-state index contributed by atoms with van der Waals surface area (Å²) >= 11 is 0. The summed E-state index contributed by atoms with van der Waals surface area (Å²) in [4.78, 5) is 21.4. The first-order valence-electron chi connectivity index (χ1n) is 5.41. The predicted octanol–water partition coefficient (Wildman–Crippen LogP) is 1.70. The molecule has 1 atom stereocenters. The zero-order valence-electron chi connectivity index (χ0n) is 9.09. The van der Waals surface area contributed by atoms with Crippen molar-refractivity contribution in [2.45, 2.75) is 44.3 Å². The Kier molecular flexibility index (Phi) is 4.36. The van der Waals surface area contributed by atoms with Gasteiger partial charge in [-0.15, -0.1) is 0 Å². The van der Waals surface area contributed by atoms with E-state index < -0.39 is 24.1 Å². The molecule has 0 heterocycles.